The molecule has 1 aromatic carbocycles. The quantitative estimate of drug-likeness (QED) is 0.697. The van der Waals surface area contributed by atoms with E-state index in [1.807, 2.05) is 0 Å². The van der Waals surface area contributed by atoms with Gasteiger partial charge in [0.05, 0.1) is 6.61 Å². The number of hydrogen-bond donors (Lipinski definition) is 1. The van der Waals surface area contributed by atoms with Gasteiger partial charge in [-0.1, -0.05) is 13.3 Å². The number of ether oxygens (including phenoxy) is 1. The number of unbranched alkanes of at least 4 members (excludes halogenated alkanes) is 2. The minimum Gasteiger partial charge on any atom is -0.494 e. The van der Waals surface area contributed by atoms with Crippen molar-refractivity contribution in [3.05, 3.63) is 30.1 Å². The minimum atomic E-state index is -0.262. The number of rotatable bonds is 9. The number of benzene rings is 1. The van der Waals surface area contributed by atoms with Gasteiger partial charge in [-0.25, -0.2) is 4.39 Å². The largest absolute Gasteiger partial charge is 0.494 e. The van der Waals surface area contributed by atoms with Gasteiger partial charge in [-0.05, 0) is 43.5 Å². The fraction of sp³-hybridized carbons (Fsp3) is 0.533. The summed E-state index contributed by atoms with van der Waals surface area (Å²) in [5, 5.41) is 2.88. The molecule has 0 saturated heterocycles. The lowest BCUT2D eigenvalue weighted by Crippen LogP contribution is -2.24. The van der Waals surface area contributed by atoms with Crippen LogP contribution in [0.15, 0.2) is 24.3 Å². The molecule has 0 aliphatic carbocycles. The maximum atomic E-state index is 12.6. The average Bonchev–Trinajstić information content (AvgIpc) is 2.42. The van der Waals surface area contributed by atoms with E-state index in [1.54, 1.807) is 12.1 Å². The van der Waals surface area contributed by atoms with Crippen molar-refractivity contribution in [2.45, 2.75) is 39.0 Å². The van der Waals surface area contributed by atoms with Crippen LogP contribution < -0.4 is 10.1 Å². The van der Waals surface area contributed by atoms with Crippen LogP contribution in [0.5, 0.6) is 5.75 Å². The summed E-state index contributed by atoms with van der Waals surface area (Å²) in [5.41, 5.74) is 0. The van der Waals surface area contributed by atoms with Gasteiger partial charge in [-0.2, -0.15) is 0 Å². The summed E-state index contributed by atoms with van der Waals surface area (Å²) in [7, 11) is 0. The first-order valence-corrected chi connectivity index (χ1v) is 6.87. The third-order valence-electron chi connectivity index (χ3n) is 2.73. The molecule has 19 heavy (non-hydrogen) atoms. The number of nitrogens with one attached hydrogen (secondary N) is 1. The Balaban J connectivity index is 1.99. The smallest absolute Gasteiger partial charge is 0.219 e. The van der Waals surface area contributed by atoms with E-state index in [-0.39, 0.29) is 11.7 Å². The lowest BCUT2D eigenvalue weighted by Gasteiger charge is -2.07. The standard InChI is InChI=1S/C15H22FNO2/c1-2-3-6-15(18)17-11-4-5-12-19-14-9-7-13(16)8-10-14/h7-10H,2-6,11-12H2,1H3,(H,17,18). The summed E-state index contributed by atoms with van der Waals surface area (Å²) in [6.07, 6.45) is 4.35. The predicted molar refractivity (Wildman–Crippen MR) is 73.7 cm³/mol. The molecular formula is C15H22FNO2. The SMILES string of the molecule is CCCCC(=O)NCCCCOc1ccc(F)cc1. The van der Waals surface area contributed by atoms with Crippen molar-refractivity contribution in [1.29, 1.82) is 0 Å². The third kappa shape index (κ3) is 7.44. The molecule has 1 N–H and O–H groups in total. The van der Waals surface area contributed by atoms with Gasteiger partial charge in [0.1, 0.15) is 11.6 Å². The first-order valence-electron chi connectivity index (χ1n) is 6.87. The highest BCUT2D eigenvalue weighted by Crippen LogP contribution is 2.11. The maximum absolute atomic E-state index is 12.6. The van der Waals surface area contributed by atoms with E-state index in [9.17, 15) is 9.18 Å². The Kier molecular flexibility index (Phi) is 7.63. The molecule has 4 heteroatoms. The fourth-order valence-electron chi connectivity index (χ4n) is 1.60. The Morgan fingerprint density at radius 2 is 1.95 bits per heavy atom. The van der Waals surface area contributed by atoms with Gasteiger partial charge in [0, 0.05) is 13.0 Å². The molecular weight excluding hydrogens is 245 g/mol. The molecule has 0 aromatic heterocycles. The van der Waals surface area contributed by atoms with Crippen LogP contribution in [0, 0.1) is 5.82 Å². The summed E-state index contributed by atoms with van der Waals surface area (Å²) >= 11 is 0. The van der Waals surface area contributed by atoms with E-state index in [2.05, 4.69) is 12.2 Å². The zero-order valence-electron chi connectivity index (χ0n) is 11.5. The molecule has 0 aliphatic rings. The van der Waals surface area contributed by atoms with Crippen LogP contribution in [0.4, 0.5) is 4.39 Å². The molecule has 0 fully saturated rings. The van der Waals surface area contributed by atoms with Gasteiger partial charge in [-0.15, -0.1) is 0 Å². The summed E-state index contributed by atoms with van der Waals surface area (Å²) in [6, 6.07) is 5.98. The first-order chi connectivity index (χ1) is 9.22. The molecule has 0 bridgehead atoms. The summed E-state index contributed by atoms with van der Waals surface area (Å²) in [6.45, 7) is 3.34. The first kappa shape index (κ1) is 15.5. The van der Waals surface area contributed by atoms with E-state index in [0.29, 0.717) is 25.3 Å². The van der Waals surface area contributed by atoms with Crippen molar-refractivity contribution in [2.75, 3.05) is 13.2 Å². The molecule has 3 nitrogen and oxygen atoms in total. The van der Waals surface area contributed by atoms with Crippen LogP contribution in [-0.2, 0) is 4.79 Å². The molecule has 0 radical (unpaired) electrons. The van der Waals surface area contributed by atoms with Gasteiger partial charge in [0.2, 0.25) is 5.91 Å². The number of halogens is 1. The topological polar surface area (TPSA) is 38.3 Å². The number of carbonyl (C=O) groups excluding carboxylic acids is 1. The van der Waals surface area contributed by atoms with Crippen LogP contribution in [0.3, 0.4) is 0 Å². The highest BCUT2D eigenvalue weighted by atomic mass is 19.1. The Hall–Kier alpha value is -1.58. The Labute approximate surface area is 114 Å². The molecule has 0 saturated carbocycles. The molecule has 1 aromatic rings. The Morgan fingerprint density at radius 3 is 2.63 bits per heavy atom. The molecule has 0 aliphatic heterocycles. The fourth-order valence-corrected chi connectivity index (χ4v) is 1.60. The van der Waals surface area contributed by atoms with E-state index < -0.39 is 0 Å². The number of carbonyl (C=O) groups is 1. The molecule has 0 spiro atoms. The van der Waals surface area contributed by atoms with Gasteiger partial charge < -0.3 is 10.1 Å². The summed E-state index contributed by atoms with van der Waals surface area (Å²) in [4.78, 5) is 11.3. The Bertz CT molecular complexity index is 365. The van der Waals surface area contributed by atoms with Gasteiger partial charge in [0.25, 0.3) is 0 Å². The van der Waals surface area contributed by atoms with Gasteiger partial charge >= 0.3 is 0 Å². The maximum Gasteiger partial charge on any atom is 0.219 e. The van der Waals surface area contributed by atoms with Crippen LogP contribution >= 0.6 is 0 Å². The van der Waals surface area contributed by atoms with Crippen molar-refractivity contribution in [3.63, 3.8) is 0 Å². The Morgan fingerprint density at radius 1 is 1.21 bits per heavy atom. The van der Waals surface area contributed by atoms with Crippen molar-refractivity contribution in [2.24, 2.45) is 0 Å². The van der Waals surface area contributed by atoms with E-state index in [0.717, 1.165) is 25.7 Å². The normalized spacial score (nSPS) is 10.2. The number of hydrogen-bond acceptors (Lipinski definition) is 2. The lowest BCUT2D eigenvalue weighted by atomic mass is 10.2. The zero-order valence-corrected chi connectivity index (χ0v) is 11.5. The zero-order chi connectivity index (χ0) is 13.9. The minimum absolute atomic E-state index is 0.126. The molecule has 1 amide bonds. The van der Waals surface area contributed by atoms with Crippen LogP contribution in [-0.4, -0.2) is 19.1 Å². The molecule has 1 rings (SSSR count). The predicted octanol–water partition coefficient (Wildman–Crippen LogP) is 3.29. The molecule has 106 valence electrons. The van der Waals surface area contributed by atoms with Gasteiger partial charge in [-0.3, -0.25) is 4.79 Å². The van der Waals surface area contributed by atoms with E-state index in [1.165, 1.54) is 12.1 Å². The molecule has 0 heterocycles. The van der Waals surface area contributed by atoms with Gasteiger partial charge in [0.15, 0.2) is 0 Å². The van der Waals surface area contributed by atoms with Crippen molar-refractivity contribution < 1.29 is 13.9 Å². The highest BCUT2D eigenvalue weighted by molar-refractivity contribution is 5.75. The second kappa shape index (κ2) is 9.36. The molecule has 0 atom stereocenters. The third-order valence-corrected chi connectivity index (χ3v) is 2.73. The second-order valence-electron chi connectivity index (χ2n) is 4.46. The second-order valence-corrected chi connectivity index (χ2v) is 4.46. The van der Waals surface area contributed by atoms with Crippen LogP contribution in [0.25, 0.3) is 0 Å². The van der Waals surface area contributed by atoms with Crippen molar-refractivity contribution >= 4 is 5.91 Å². The summed E-state index contributed by atoms with van der Waals surface area (Å²) < 4.78 is 18.1. The van der Waals surface area contributed by atoms with Crippen molar-refractivity contribution in [1.82, 2.24) is 5.32 Å². The van der Waals surface area contributed by atoms with E-state index in [4.69, 9.17) is 4.74 Å². The van der Waals surface area contributed by atoms with Crippen LogP contribution in [0.1, 0.15) is 39.0 Å². The number of amides is 1. The van der Waals surface area contributed by atoms with E-state index >= 15 is 0 Å². The average molecular weight is 267 g/mol. The van der Waals surface area contributed by atoms with Crippen molar-refractivity contribution in [3.8, 4) is 5.75 Å². The monoisotopic (exact) mass is 267 g/mol. The lowest BCUT2D eigenvalue weighted by molar-refractivity contribution is -0.121. The van der Waals surface area contributed by atoms with Crippen LogP contribution in [0.2, 0.25) is 0 Å². The molecule has 0 unspecified atom stereocenters. The summed E-state index contributed by atoms with van der Waals surface area (Å²) in [5.74, 6) is 0.539. The highest BCUT2D eigenvalue weighted by Gasteiger charge is 1.99.